The van der Waals surface area contributed by atoms with E-state index >= 15 is 0 Å². The van der Waals surface area contributed by atoms with E-state index in [1.54, 1.807) is 0 Å². The summed E-state index contributed by atoms with van der Waals surface area (Å²) in [5.41, 5.74) is 0. The quantitative estimate of drug-likeness (QED) is 0.662. The molecule has 0 rings (SSSR count). The lowest BCUT2D eigenvalue weighted by Gasteiger charge is -2.17. The van der Waals surface area contributed by atoms with Crippen molar-refractivity contribution < 1.29 is 13.5 Å². The topological polar surface area (TPSA) is 66.4 Å². The summed E-state index contributed by atoms with van der Waals surface area (Å²) in [6.45, 7) is 5.66. The Labute approximate surface area is 80.4 Å². The summed E-state index contributed by atoms with van der Waals surface area (Å²) < 4.78 is 25.1. The monoisotopic (exact) mass is 209 g/mol. The second kappa shape index (κ2) is 5.57. The predicted molar refractivity (Wildman–Crippen MR) is 52.9 cm³/mol. The van der Waals surface area contributed by atoms with Gasteiger partial charge in [0.05, 0.1) is 5.75 Å². The summed E-state index contributed by atoms with van der Waals surface area (Å²) in [5, 5.41) is 8.48. The Morgan fingerprint density at radius 1 is 1.31 bits per heavy atom. The standard InChI is InChI=1S/C8H19NO3S/c1-7(2)8(3)9-13(11,12)6-4-5-10/h7-10H,4-6H2,1-3H3. The SMILES string of the molecule is CC(C)C(C)NS(=O)(=O)CCCO. The van der Waals surface area contributed by atoms with Gasteiger partial charge in [-0.05, 0) is 19.3 Å². The average molecular weight is 209 g/mol. The fraction of sp³-hybridized carbons (Fsp3) is 1.00. The van der Waals surface area contributed by atoms with Crippen LogP contribution in [0.15, 0.2) is 0 Å². The van der Waals surface area contributed by atoms with Crippen molar-refractivity contribution in [2.75, 3.05) is 12.4 Å². The minimum atomic E-state index is -3.20. The van der Waals surface area contributed by atoms with Crippen molar-refractivity contribution in [2.24, 2.45) is 5.92 Å². The smallest absolute Gasteiger partial charge is 0.211 e. The molecule has 5 heteroatoms. The molecule has 0 heterocycles. The molecule has 1 unspecified atom stereocenters. The van der Waals surface area contributed by atoms with Gasteiger partial charge in [-0.15, -0.1) is 0 Å². The van der Waals surface area contributed by atoms with Crippen molar-refractivity contribution >= 4 is 10.0 Å². The summed E-state index contributed by atoms with van der Waals surface area (Å²) in [6.07, 6.45) is 0.292. The third-order valence-corrected chi connectivity index (χ3v) is 3.49. The molecule has 0 aromatic rings. The van der Waals surface area contributed by atoms with Crippen LogP contribution in [0.5, 0.6) is 0 Å². The molecule has 0 aliphatic rings. The van der Waals surface area contributed by atoms with Crippen LogP contribution in [0.3, 0.4) is 0 Å². The lowest BCUT2D eigenvalue weighted by molar-refractivity contribution is 0.295. The number of hydrogen-bond acceptors (Lipinski definition) is 3. The van der Waals surface area contributed by atoms with Crippen LogP contribution in [0.4, 0.5) is 0 Å². The van der Waals surface area contributed by atoms with Crippen LogP contribution in [0.2, 0.25) is 0 Å². The highest BCUT2D eigenvalue weighted by Crippen LogP contribution is 2.02. The maximum Gasteiger partial charge on any atom is 0.211 e. The lowest BCUT2D eigenvalue weighted by atomic mass is 10.1. The minimum absolute atomic E-state index is 0.000556. The van der Waals surface area contributed by atoms with Gasteiger partial charge in [0.15, 0.2) is 0 Å². The van der Waals surface area contributed by atoms with Crippen LogP contribution in [-0.2, 0) is 10.0 Å². The highest BCUT2D eigenvalue weighted by Gasteiger charge is 2.15. The van der Waals surface area contributed by atoms with Crippen LogP contribution in [0.1, 0.15) is 27.2 Å². The van der Waals surface area contributed by atoms with Crippen LogP contribution >= 0.6 is 0 Å². The van der Waals surface area contributed by atoms with Crippen molar-refractivity contribution in [3.63, 3.8) is 0 Å². The first kappa shape index (κ1) is 12.9. The van der Waals surface area contributed by atoms with Crippen molar-refractivity contribution in [2.45, 2.75) is 33.2 Å². The Hall–Kier alpha value is -0.130. The van der Waals surface area contributed by atoms with Crippen molar-refractivity contribution in [3.05, 3.63) is 0 Å². The number of rotatable bonds is 6. The molecule has 0 aromatic heterocycles. The van der Waals surface area contributed by atoms with Gasteiger partial charge in [-0.1, -0.05) is 13.8 Å². The fourth-order valence-electron chi connectivity index (χ4n) is 0.733. The summed E-state index contributed by atoms with van der Waals surface area (Å²) in [7, 11) is -3.20. The maximum atomic E-state index is 11.3. The summed E-state index contributed by atoms with van der Waals surface area (Å²) in [4.78, 5) is 0. The summed E-state index contributed by atoms with van der Waals surface area (Å²) in [5.74, 6) is 0.282. The normalized spacial score (nSPS) is 14.8. The molecule has 0 aliphatic carbocycles. The number of sulfonamides is 1. The maximum absolute atomic E-state index is 11.3. The first-order chi connectivity index (χ1) is 5.89. The molecule has 13 heavy (non-hydrogen) atoms. The zero-order valence-corrected chi connectivity index (χ0v) is 9.26. The summed E-state index contributed by atoms with van der Waals surface area (Å²) in [6, 6.07) is -0.0521. The fourth-order valence-corrected chi connectivity index (χ4v) is 2.20. The van der Waals surface area contributed by atoms with E-state index in [-0.39, 0.29) is 24.3 Å². The average Bonchev–Trinajstić information content (AvgIpc) is 2.00. The molecule has 4 nitrogen and oxygen atoms in total. The third-order valence-electron chi connectivity index (χ3n) is 1.94. The first-order valence-corrected chi connectivity index (χ1v) is 6.15. The number of aliphatic hydroxyl groups is 1. The second-order valence-electron chi connectivity index (χ2n) is 3.55. The Morgan fingerprint density at radius 3 is 2.23 bits per heavy atom. The Bertz CT molecular complexity index is 224. The molecule has 0 saturated heterocycles. The van der Waals surface area contributed by atoms with Gasteiger partial charge < -0.3 is 5.11 Å². The van der Waals surface area contributed by atoms with E-state index < -0.39 is 10.0 Å². The molecule has 0 fully saturated rings. The van der Waals surface area contributed by atoms with Gasteiger partial charge in [-0.25, -0.2) is 13.1 Å². The van der Waals surface area contributed by atoms with Crippen molar-refractivity contribution in [1.29, 1.82) is 0 Å². The predicted octanol–water partition coefficient (Wildman–Crippen LogP) is 0.333. The van der Waals surface area contributed by atoms with Gasteiger partial charge in [-0.3, -0.25) is 0 Å². The highest BCUT2D eigenvalue weighted by atomic mass is 32.2. The van der Waals surface area contributed by atoms with Gasteiger partial charge >= 0.3 is 0 Å². The van der Waals surface area contributed by atoms with Crippen LogP contribution in [-0.4, -0.2) is 31.9 Å². The molecule has 80 valence electrons. The molecule has 0 aromatic carbocycles. The molecular formula is C8H19NO3S. The number of aliphatic hydroxyl groups excluding tert-OH is 1. The second-order valence-corrected chi connectivity index (χ2v) is 5.42. The van der Waals surface area contributed by atoms with Crippen molar-refractivity contribution in [3.8, 4) is 0 Å². The van der Waals surface area contributed by atoms with E-state index in [0.29, 0.717) is 6.42 Å². The molecule has 0 amide bonds. The van der Waals surface area contributed by atoms with E-state index in [4.69, 9.17) is 5.11 Å². The van der Waals surface area contributed by atoms with E-state index in [0.717, 1.165) is 0 Å². The number of nitrogens with one attached hydrogen (secondary N) is 1. The minimum Gasteiger partial charge on any atom is -0.396 e. The molecule has 0 saturated carbocycles. The molecule has 0 spiro atoms. The highest BCUT2D eigenvalue weighted by molar-refractivity contribution is 7.89. The van der Waals surface area contributed by atoms with Crippen LogP contribution < -0.4 is 4.72 Å². The van der Waals surface area contributed by atoms with E-state index in [2.05, 4.69) is 4.72 Å². The Kier molecular flexibility index (Phi) is 5.51. The van der Waals surface area contributed by atoms with Gasteiger partial charge in [-0.2, -0.15) is 0 Å². The largest absolute Gasteiger partial charge is 0.396 e. The molecule has 2 N–H and O–H groups in total. The molecule has 0 radical (unpaired) electrons. The van der Waals surface area contributed by atoms with E-state index in [1.165, 1.54) is 0 Å². The molecule has 0 bridgehead atoms. The lowest BCUT2D eigenvalue weighted by Crippen LogP contribution is -2.37. The molecule has 1 atom stereocenters. The molecular weight excluding hydrogens is 190 g/mol. The Balaban J connectivity index is 4.02. The first-order valence-electron chi connectivity index (χ1n) is 4.50. The zero-order valence-electron chi connectivity index (χ0n) is 8.45. The van der Waals surface area contributed by atoms with Gasteiger partial charge in [0.25, 0.3) is 0 Å². The summed E-state index contributed by atoms with van der Waals surface area (Å²) >= 11 is 0. The number of hydrogen-bond donors (Lipinski definition) is 2. The van der Waals surface area contributed by atoms with E-state index in [1.807, 2.05) is 20.8 Å². The van der Waals surface area contributed by atoms with Gasteiger partial charge in [0, 0.05) is 12.6 Å². The van der Waals surface area contributed by atoms with Crippen LogP contribution in [0.25, 0.3) is 0 Å². The van der Waals surface area contributed by atoms with Crippen molar-refractivity contribution in [1.82, 2.24) is 4.72 Å². The molecule has 0 aliphatic heterocycles. The zero-order chi connectivity index (χ0) is 10.5. The van der Waals surface area contributed by atoms with Crippen LogP contribution in [0, 0.1) is 5.92 Å². The Morgan fingerprint density at radius 2 is 1.85 bits per heavy atom. The van der Waals surface area contributed by atoms with Gasteiger partial charge in [0.1, 0.15) is 0 Å². The van der Waals surface area contributed by atoms with E-state index in [9.17, 15) is 8.42 Å². The third kappa shape index (κ3) is 6.01. The van der Waals surface area contributed by atoms with Gasteiger partial charge in [0.2, 0.25) is 10.0 Å².